The van der Waals surface area contributed by atoms with E-state index in [1.54, 1.807) is 18.4 Å². The number of thioether (sulfide) groups is 1. The van der Waals surface area contributed by atoms with E-state index in [0.717, 1.165) is 0 Å². The van der Waals surface area contributed by atoms with Gasteiger partial charge >= 0.3 is 11.9 Å². The molecule has 38 heavy (non-hydrogen) atoms. The molecule has 0 heterocycles. The first-order chi connectivity index (χ1) is 17.8. The van der Waals surface area contributed by atoms with Crippen LogP contribution in [-0.4, -0.2) is 81.2 Å². The van der Waals surface area contributed by atoms with Gasteiger partial charge in [0.05, 0.1) is 6.04 Å². The third-order valence-electron chi connectivity index (χ3n) is 5.57. The molecule has 0 saturated carbocycles. The Morgan fingerprint density at radius 3 is 1.89 bits per heavy atom. The zero-order valence-electron chi connectivity index (χ0n) is 21.8. The van der Waals surface area contributed by atoms with Crippen LogP contribution in [0.2, 0.25) is 0 Å². The molecule has 8 N–H and O–H groups in total. The molecule has 1 rings (SSSR count). The number of rotatable bonds is 17. The maximum Gasteiger partial charge on any atom is 0.326 e. The van der Waals surface area contributed by atoms with E-state index in [1.165, 1.54) is 23.9 Å². The standard InChI is InChI=1S/C25H38N4O8S/c1-14(2)12-20(25(36)37)29-24(35)19(10-11-38-3)28-23(34)18(8-9-21(31)32)27-22(33)17(26)13-15-4-6-16(30)7-5-15/h4-7,14,17-20,30H,8-13,26H2,1-3H3,(H,27,33)(H,28,34)(H,29,35)(H,31,32)(H,36,37). The molecule has 212 valence electrons. The molecule has 0 fully saturated rings. The summed E-state index contributed by atoms with van der Waals surface area (Å²) in [6, 6.07) is 1.47. The number of benzene rings is 1. The number of hydrogen-bond acceptors (Lipinski definition) is 8. The highest BCUT2D eigenvalue weighted by Crippen LogP contribution is 2.12. The lowest BCUT2D eigenvalue weighted by atomic mass is 10.0. The van der Waals surface area contributed by atoms with Crippen molar-refractivity contribution in [2.24, 2.45) is 11.7 Å². The normalized spacial score (nSPS) is 14.1. The van der Waals surface area contributed by atoms with Gasteiger partial charge in [-0.25, -0.2) is 4.79 Å². The second-order valence-corrected chi connectivity index (χ2v) is 10.3. The fourth-order valence-corrected chi connectivity index (χ4v) is 4.01. The molecule has 0 bridgehead atoms. The number of carboxylic acid groups (broad SMARTS) is 2. The molecule has 0 aliphatic carbocycles. The molecule has 0 aliphatic heterocycles. The monoisotopic (exact) mass is 554 g/mol. The van der Waals surface area contributed by atoms with Gasteiger partial charge in [0.2, 0.25) is 17.7 Å². The summed E-state index contributed by atoms with van der Waals surface area (Å²) in [5.41, 5.74) is 6.65. The molecular formula is C25H38N4O8S. The predicted molar refractivity (Wildman–Crippen MR) is 143 cm³/mol. The van der Waals surface area contributed by atoms with Gasteiger partial charge in [-0.3, -0.25) is 19.2 Å². The molecule has 13 heteroatoms. The summed E-state index contributed by atoms with van der Waals surface area (Å²) in [4.78, 5) is 61.5. The Kier molecular flexibility index (Phi) is 14.2. The van der Waals surface area contributed by atoms with E-state index in [4.69, 9.17) is 10.8 Å². The van der Waals surface area contributed by atoms with Crippen molar-refractivity contribution >= 4 is 41.4 Å². The molecule has 1 aromatic rings. The van der Waals surface area contributed by atoms with Crippen molar-refractivity contribution in [3.05, 3.63) is 29.8 Å². The highest BCUT2D eigenvalue weighted by Gasteiger charge is 2.30. The Balaban J connectivity index is 2.98. The molecule has 4 atom stereocenters. The molecule has 0 radical (unpaired) electrons. The predicted octanol–water partition coefficient (Wildman–Crippen LogP) is 0.465. The number of amides is 3. The number of carboxylic acids is 2. The Bertz CT molecular complexity index is 957. The van der Waals surface area contributed by atoms with Crippen molar-refractivity contribution in [2.45, 2.75) is 70.1 Å². The largest absolute Gasteiger partial charge is 0.508 e. The number of carbonyl (C=O) groups excluding carboxylic acids is 3. The SMILES string of the molecule is CSCCC(NC(=O)C(CCC(=O)O)NC(=O)C(N)Cc1ccc(O)cc1)C(=O)NC(CC(C)C)C(=O)O. The van der Waals surface area contributed by atoms with Crippen molar-refractivity contribution in [3.8, 4) is 5.75 Å². The van der Waals surface area contributed by atoms with Crippen molar-refractivity contribution in [1.29, 1.82) is 0 Å². The van der Waals surface area contributed by atoms with Crippen LogP contribution in [0, 0.1) is 5.92 Å². The van der Waals surface area contributed by atoms with Gasteiger partial charge in [0, 0.05) is 6.42 Å². The minimum Gasteiger partial charge on any atom is -0.508 e. The third-order valence-corrected chi connectivity index (χ3v) is 6.22. The van der Waals surface area contributed by atoms with Crippen molar-refractivity contribution in [2.75, 3.05) is 12.0 Å². The Morgan fingerprint density at radius 1 is 0.868 bits per heavy atom. The molecule has 0 spiro atoms. The Hall–Kier alpha value is -3.32. The highest BCUT2D eigenvalue weighted by molar-refractivity contribution is 7.98. The van der Waals surface area contributed by atoms with E-state index < -0.39 is 60.2 Å². The van der Waals surface area contributed by atoms with Crippen LogP contribution in [-0.2, 0) is 30.4 Å². The highest BCUT2D eigenvalue weighted by atomic mass is 32.2. The van der Waals surface area contributed by atoms with Crippen LogP contribution in [0.25, 0.3) is 0 Å². The zero-order valence-corrected chi connectivity index (χ0v) is 22.6. The number of aromatic hydroxyl groups is 1. The maximum absolute atomic E-state index is 13.1. The number of phenols is 1. The lowest BCUT2D eigenvalue weighted by molar-refractivity contribution is -0.142. The summed E-state index contributed by atoms with van der Waals surface area (Å²) in [7, 11) is 0. The smallest absolute Gasteiger partial charge is 0.326 e. The van der Waals surface area contributed by atoms with Gasteiger partial charge in [-0.05, 0) is 61.3 Å². The Labute approximate surface area is 226 Å². The van der Waals surface area contributed by atoms with Gasteiger partial charge in [-0.1, -0.05) is 26.0 Å². The molecule has 0 saturated heterocycles. The lowest BCUT2D eigenvalue weighted by Gasteiger charge is -2.25. The lowest BCUT2D eigenvalue weighted by Crippen LogP contribution is -2.57. The van der Waals surface area contributed by atoms with Crippen LogP contribution in [0.15, 0.2) is 24.3 Å². The van der Waals surface area contributed by atoms with Gasteiger partial charge in [0.25, 0.3) is 0 Å². The van der Waals surface area contributed by atoms with Gasteiger partial charge in [-0.2, -0.15) is 11.8 Å². The maximum atomic E-state index is 13.1. The summed E-state index contributed by atoms with van der Waals surface area (Å²) in [5, 5.41) is 35.4. The summed E-state index contributed by atoms with van der Waals surface area (Å²) in [6.07, 6.45) is 1.61. The fraction of sp³-hybridized carbons (Fsp3) is 0.560. The van der Waals surface area contributed by atoms with Crippen LogP contribution in [0.3, 0.4) is 0 Å². The second-order valence-electron chi connectivity index (χ2n) is 9.34. The van der Waals surface area contributed by atoms with Crippen molar-refractivity contribution < 1.29 is 39.3 Å². The number of phenolic OH excluding ortho intramolecular Hbond substituents is 1. The van der Waals surface area contributed by atoms with Gasteiger partial charge in [0.1, 0.15) is 23.9 Å². The van der Waals surface area contributed by atoms with Crippen LogP contribution in [0.1, 0.15) is 45.1 Å². The van der Waals surface area contributed by atoms with Gasteiger partial charge in [0.15, 0.2) is 0 Å². The number of aliphatic carboxylic acids is 2. The van der Waals surface area contributed by atoms with Crippen molar-refractivity contribution in [1.82, 2.24) is 16.0 Å². The van der Waals surface area contributed by atoms with E-state index in [-0.39, 0.29) is 37.4 Å². The minimum absolute atomic E-state index is 0.00275. The molecule has 1 aromatic carbocycles. The topological polar surface area (TPSA) is 208 Å². The summed E-state index contributed by atoms with van der Waals surface area (Å²) >= 11 is 1.42. The summed E-state index contributed by atoms with van der Waals surface area (Å²) < 4.78 is 0. The molecule has 12 nitrogen and oxygen atoms in total. The average Bonchev–Trinajstić information content (AvgIpc) is 2.84. The number of nitrogens with two attached hydrogens (primary N) is 1. The van der Waals surface area contributed by atoms with E-state index in [1.807, 2.05) is 13.8 Å². The number of hydrogen-bond donors (Lipinski definition) is 7. The quantitative estimate of drug-likeness (QED) is 0.141. The zero-order chi connectivity index (χ0) is 28.8. The molecule has 4 unspecified atom stereocenters. The van der Waals surface area contributed by atoms with Crippen LogP contribution in [0.5, 0.6) is 5.75 Å². The van der Waals surface area contributed by atoms with E-state index in [9.17, 15) is 34.2 Å². The van der Waals surface area contributed by atoms with Crippen molar-refractivity contribution in [3.63, 3.8) is 0 Å². The first kappa shape index (κ1) is 32.7. The van der Waals surface area contributed by atoms with E-state index >= 15 is 0 Å². The van der Waals surface area contributed by atoms with Crippen LogP contribution >= 0.6 is 11.8 Å². The van der Waals surface area contributed by atoms with Crippen LogP contribution in [0.4, 0.5) is 0 Å². The molecule has 0 aliphatic rings. The number of carbonyl (C=O) groups is 5. The van der Waals surface area contributed by atoms with Crippen LogP contribution < -0.4 is 21.7 Å². The van der Waals surface area contributed by atoms with E-state index in [2.05, 4.69) is 16.0 Å². The number of nitrogens with one attached hydrogen (secondary N) is 3. The third kappa shape index (κ3) is 12.3. The average molecular weight is 555 g/mol. The Morgan fingerprint density at radius 2 is 1.39 bits per heavy atom. The first-order valence-electron chi connectivity index (χ1n) is 12.2. The first-order valence-corrected chi connectivity index (χ1v) is 13.6. The second kappa shape index (κ2) is 16.5. The summed E-state index contributed by atoms with van der Waals surface area (Å²) in [5.74, 6) is -4.02. The fourth-order valence-electron chi connectivity index (χ4n) is 3.54. The van der Waals surface area contributed by atoms with Gasteiger partial charge < -0.3 is 37.0 Å². The van der Waals surface area contributed by atoms with Gasteiger partial charge in [-0.15, -0.1) is 0 Å². The summed E-state index contributed by atoms with van der Waals surface area (Å²) in [6.45, 7) is 3.63. The van der Waals surface area contributed by atoms with E-state index in [0.29, 0.717) is 11.3 Å². The minimum atomic E-state index is -1.29. The molecule has 3 amide bonds. The molecular weight excluding hydrogens is 516 g/mol. The molecule has 0 aromatic heterocycles.